The number of rotatable bonds is 8. The molecule has 4 rings (SSSR count). The van der Waals surface area contributed by atoms with Crippen molar-refractivity contribution in [2.75, 3.05) is 0 Å². The van der Waals surface area contributed by atoms with Crippen molar-refractivity contribution in [1.29, 1.82) is 0 Å². The molecule has 4 aromatic rings. The smallest absolute Gasteiger partial charge is 0.244 e. The number of aryl methyl sites for hydroxylation is 2. The quantitative estimate of drug-likeness (QED) is 0.370. The molecule has 1 amide bonds. The van der Waals surface area contributed by atoms with Gasteiger partial charge in [0, 0.05) is 24.5 Å². The summed E-state index contributed by atoms with van der Waals surface area (Å²) < 4.78 is 21.8. The maximum Gasteiger partial charge on any atom is 0.244 e. The number of benzene rings is 2. The molecule has 0 aliphatic carbocycles. The summed E-state index contributed by atoms with van der Waals surface area (Å²) >= 11 is 0. The molecule has 0 spiro atoms. The summed E-state index contributed by atoms with van der Waals surface area (Å²) in [6.07, 6.45) is 6.07. The maximum atomic E-state index is 14.4. The van der Waals surface area contributed by atoms with Gasteiger partial charge in [0.05, 0.1) is 18.4 Å². The first kappa shape index (κ1) is 22.9. The van der Waals surface area contributed by atoms with E-state index in [1.54, 1.807) is 30.5 Å². The van der Waals surface area contributed by atoms with Gasteiger partial charge >= 0.3 is 0 Å². The predicted molar refractivity (Wildman–Crippen MR) is 129 cm³/mol. The molecule has 0 saturated carbocycles. The molecule has 2 aromatic heterocycles. The zero-order chi connectivity index (χ0) is 23.9. The van der Waals surface area contributed by atoms with Gasteiger partial charge in [-0.05, 0) is 66.9 Å². The molecule has 2 aromatic carbocycles. The Morgan fingerprint density at radius 1 is 1.09 bits per heavy atom. The molecule has 0 unspecified atom stereocenters. The number of carbonyl (C=O) groups is 1. The van der Waals surface area contributed by atoms with E-state index in [1.807, 2.05) is 42.8 Å². The van der Waals surface area contributed by atoms with Gasteiger partial charge < -0.3 is 10.1 Å². The van der Waals surface area contributed by atoms with E-state index in [9.17, 15) is 9.18 Å². The summed E-state index contributed by atoms with van der Waals surface area (Å²) in [5, 5.41) is 7.36. The maximum absolute atomic E-state index is 14.4. The Morgan fingerprint density at radius 3 is 2.68 bits per heavy atom. The van der Waals surface area contributed by atoms with Crippen molar-refractivity contribution in [3.63, 3.8) is 0 Å². The second kappa shape index (κ2) is 10.6. The van der Waals surface area contributed by atoms with E-state index in [-0.39, 0.29) is 11.7 Å². The van der Waals surface area contributed by atoms with Crippen LogP contribution in [0.5, 0.6) is 11.5 Å². The van der Waals surface area contributed by atoms with Crippen LogP contribution in [0.25, 0.3) is 6.08 Å². The Morgan fingerprint density at radius 2 is 1.94 bits per heavy atom. The predicted octanol–water partition coefficient (Wildman–Crippen LogP) is 5.20. The minimum Gasteiger partial charge on any atom is -0.453 e. The molecular weight excluding hydrogens is 431 g/mol. The molecule has 172 valence electrons. The van der Waals surface area contributed by atoms with Crippen LogP contribution in [0.3, 0.4) is 0 Å². The van der Waals surface area contributed by atoms with Gasteiger partial charge in [-0.25, -0.2) is 4.39 Å². The van der Waals surface area contributed by atoms with Crippen molar-refractivity contribution < 1.29 is 13.9 Å². The summed E-state index contributed by atoms with van der Waals surface area (Å²) in [5.74, 6) is -0.246. The highest BCUT2D eigenvalue weighted by Gasteiger charge is 2.06. The van der Waals surface area contributed by atoms with Crippen LogP contribution in [0, 0.1) is 19.7 Å². The van der Waals surface area contributed by atoms with Crippen LogP contribution in [0.2, 0.25) is 0 Å². The molecular formula is C27H25FN4O2. The average Bonchev–Trinajstić information content (AvgIpc) is 3.15. The lowest BCUT2D eigenvalue weighted by molar-refractivity contribution is -0.116. The number of halogens is 1. The Balaban J connectivity index is 1.32. The van der Waals surface area contributed by atoms with Crippen LogP contribution < -0.4 is 10.1 Å². The normalized spacial score (nSPS) is 11.0. The third-order valence-corrected chi connectivity index (χ3v) is 5.14. The molecule has 34 heavy (non-hydrogen) atoms. The highest BCUT2D eigenvalue weighted by Crippen LogP contribution is 2.24. The third kappa shape index (κ3) is 6.16. The molecule has 2 heterocycles. The molecule has 0 bridgehead atoms. The van der Waals surface area contributed by atoms with E-state index in [1.165, 1.54) is 24.4 Å². The number of aromatic nitrogens is 3. The van der Waals surface area contributed by atoms with Crippen LogP contribution >= 0.6 is 0 Å². The van der Waals surface area contributed by atoms with E-state index in [2.05, 4.69) is 21.5 Å². The van der Waals surface area contributed by atoms with Crippen LogP contribution in [0.1, 0.15) is 28.1 Å². The first-order chi connectivity index (χ1) is 16.5. The zero-order valence-electron chi connectivity index (χ0n) is 19.0. The van der Waals surface area contributed by atoms with Gasteiger partial charge in [-0.1, -0.05) is 30.3 Å². The highest BCUT2D eigenvalue weighted by atomic mass is 19.1. The van der Waals surface area contributed by atoms with Gasteiger partial charge in [-0.15, -0.1) is 0 Å². The number of carbonyl (C=O) groups excluding carboxylic acids is 1. The largest absolute Gasteiger partial charge is 0.453 e. The van der Waals surface area contributed by atoms with Crippen LogP contribution in [-0.2, 0) is 17.9 Å². The first-order valence-electron chi connectivity index (χ1n) is 10.9. The molecule has 0 radical (unpaired) electrons. The Kier molecular flexibility index (Phi) is 7.13. The van der Waals surface area contributed by atoms with Gasteiger partial charge in [0.15, 0.2) is 11.6 Å². The SMILES string of the molecule is Cc1cc(C)n(Cc2cccc(CNC(=O)/C=C/c3ccc(Oc4cccnc4)c(F)c3)c2)n1. The fraction of sp³-hybridized carbons (Fsp3) is 0.148. The molecule has 6 nitrogen and oxygen atoms in total. The van der Waals surface area contributed by atoms with Crippen molar-refractivity contribution in [2.24, 2.45) is 0 Å². The fourth-order valence-corrected chi connectivity index (χ4v) is 3.50. The van der Waals surface area contributed by atoms with E-state index < -0.39 is 5.82 Å². The Bertz CT molecular complexity index is 1320. The molecule has 0 aliphatic heterocycles. The van der Waals surface area contributed by atoms with Crippen molar-refractivity contribution in [3.05, 3.63) is 113 Å². The highest BCUT2D eigenvalue weighted by molar-refractivity contribution is 5.91. The van der Waals surface area contributed by atoms with Gasteiger partial charge in [0.25, 0.3) is 0 Å². The van der Waals surface area contributed by atoms with Crippen molar-refractivity contribution in [3.8, 4) is 11.5 Å². The van der Waals surface area contributed by atoms with Gasteiger partial charge in [0.1, 0.15) is 5.75 Å². The van der Waals surface area contributed by atoms with Crippen molar-refractivity contribution >= 4 is 12.0 Å². The van der Waals surface area contributed by atoms with Crippen molar-refractivity contribution in [2.45, 2.75) is 26.9 Å². The third-order valence-electron chi connectivity index (χ3n) is 5.14. The number of ether oxygens (including phenoxy) is 1. The summed E-state index contributed by atoms with van der Waals surface area (Å²) in [6.45, 7) is 5.07. The van der Waals surface area contributed by atoms with E-state index in [4.69, 9.17) is 4.74 Å². The Labute approximate surface area is 197 Å². The molecule has 0 aliphatic rings. The standard InChI is InChI=1S/C27H25FN4O2/c1-19-13-20(2)32(31-19)18-23-6-3-5-22(14-23)16-30-27(33)11-9-21-8-10-26(25(28)15-21)34-24-7-4-12-29-17-24/h3-15,17H,16,18H2,1-2H3,(H,30,33)/b11-9+. The van der Waals surface area contributed by atoms with Gasteiger partial charge in [-0.3, -0.25) is 14.5 Å². The number of hydrogen-bond acceptors (Lipinski definition) is 4. The zero-order valence-corrected chi connectivity index (χ0v) is 19.0. The van der Waals surface area contributed by atoms with Crippen LogP contribution in [-0.4, -0.2) is 20.7 Å². The first-order valence-corrected chi connectivity index (χ1v) is 10.9. The van der Waals surface area contributed by atoms with E-state index in [0.717, 1.165) is 22.5 Å². The molecule has 1 N–H and O–H groups in total. The summed E-state index contributed by atoms with van der Waals surface area (Å²) in [6, 6.07) is 18.0. The van der Waals surface area contributed by atoms with Crippen LogP contribution in [0.15, 0.2) is 79.1 Å². The summed E-state index contributed by atoms with van der Waals surface area (Å²) in [4.78, 5) is 16.2. The molecule has 0 fully saturated rings. The van der Waals surface area contributed by atoms with Crippen LogP contribution in [0.4, 0.5) is 4.39 Å². The molecule has 0 saturated heterocycles. The lowest BCUT2D eigenvalue weighted by Gasteiger charge is -2.08. The van der Waals surface area contributed by atoms with E-state index >= 15 is 0 Å². The van der Waals surface area contributed by atoms with Gasteiger partial charge in [-0.2, -0.15) is 5.10 Å². The minimum atomic E-state index is -0.522. The molecule has 0 atom stereocenters. The molecule has 7 heteroatoms. The number of nitrogens with one attached hydrogen (secondary N) is 1. The number of hydrogen-bond donors (Lipinski definition) is 1. The number of pyridine rings is 1. The second-order valence-electron chi connectivity index (χ2n) is 7.94. The fourth-order valence-electron chi connectivity index (χ4n) is 3.50. The number of nitrogens with zero attached hydrogens (tertiary/aromatic N) is 3. The lowest BCUT2D eigenvalue weighted by atomic mass is 10.1. The van der Waals surface area contributed by atoms with E-state index in [0.29, 0.717) is 24.4 Å². The summed E-state index contributed by atoms with van der Waals surface area (Å²) in [7, 11) is 0. The average molecular weight is 457 g/mol. The van der Waals surface area contributed by atoms with Crippen molar-refractivity contribution in [1.82, 2.24) is 20.1 Å². The Hall–Kier alpha value is -4.26. The lowest BCUT2D eigenvalue weighted by Crippen LogP contribution is -2.20. The number of amides is 1. The minimum absolute atomic E-state index is 0.0925. The monoisotopic (exact) mass is 456 g/mol. The second-order valence-corrected chi connectivity index (χ2v) is 7.94. The summed E-state index contributed by atoms with van der Waals surface area (Å²) in [5.41, 5.74) is 4.75. The van der Waals surface area contributed by atoms with Gasteiger partial charge in [0.2, 0.25) is 5.91 Å². The topological polar surface area (TPSA) is 69.0 Å².